The molecule has 3 aliphatic rings. The maximum Gasteiger partial charge on any atom is 0.253 e. The summed E-state index contributed by atoms with van der Waals surface area (Å²) in [4.78, 5) is 18.7. The molecule has 1 aromatic carbocycles. The summed E-state index contributed by atoms with van der Waals surface area (Å²) in [6.45, 7) is 8.29. The third-order valence-electron chi connectivity index (χ3n) is 5.31. The molecule has 2 bridgehead atoms. The van der Waals surface area contributed by atoms with E-state index in [-0.39, 0.29) is 12.5 Å². The molecule has 2 atom stereocenters. The predicted octanol–water partition coefficient (Wildman–Crippen LogP) is 3.27. The molecular formula is C21H30N2O2S. The molecule has 0 radical (unpaired) electrons. The highest BCUT2D eigenvalue weighted by atomic mass is 32.2. The molecule has 1 N–H and O–H groups in total. The van der Waals surface area contributed by atoms with Crippen molar-refractivity contribution in [2.75, 3.05) is 38.5 Å². The van der Waals surface area contributed by atoms with Gasteiger partial charge >= 0.3 is 0 Å². The number of benzene rings is 1. The van der Waals surface area contributed by atoms with Crippen LogP contribution >= 0.6 is 11.8 Å². The number of piperidine rings is 1. The van der Waals surface area contributed by atoms with E-state index in [1.165, 1.54) is 18.4 Å². The normalized spacial score (nSPS) is 23.0. The zero-order chi connectivity index (χ0) is 18.5. The van der Waals surface area contributed by atoms with E-state index in [0.29, 0.717) is 17.7 Å². The van der Waals surface area contributed by atoms with Gasteiger partial charge in [0, 0.05) is 48.4 Å². The van der Waals surface area contributed by atoms with Gasteiger partial charge in [-0.3, -0.25) is 9.69 Å². The average Bonchev–Trinajstić information content (AvgIpc) is 2.96. The molecule has 0 unspecified atom stereocenters. The first-order chi connectivity index (χ1) is 12.6. The number of nitrogens with zero attached hydrogens (tertiary/aromatic N) is 2. The molecule has 0 spiro atoms. The van der Waals surface area contributed by atoms with Crippen LogP contribution in [0.3, 0.4) is 0 Å². The highest BCUT2D eigenvalue weighted by molar-refractivity contribution is 7.99. The molecule has 1 amide bonds. The number of rotatable bonds is 6. The van der Waals surface area contributed by atoms with Gasteiger partial charge in [0.1, 0.15) is 0 Å². The molecule has 26 heavy (non-hydrogen) atoms. The van der Waals surface area contributed by atoms with Crippen LogP contribution in [-0.2, 0) is 0 Å². The Kier molecular flexibility index (Phi) is 6.79. The summed E-state index contributed by atoms with van der Waals surface area (Å²) in [5.41, 5.74) is 2.13. The van der Waals surface area contributed by atoms with Gasteiger partial charge in [-0.15, -0.1) is 11.8 Å². The highest BCUT2D eigenvalue weighted by Gasteiger charge is 2.36. The monoisotopic (exact) mass is 374 g/mol. The summed E-state index contributed by atoms with van der Waals surface area (Å²) in [5, 5.41) is 8.92. The molecule has 0 aromatic heterocycles. The molecule has 4 rings (SSSR count). The number of carbonyl (C=O) groups is 1. The summed E-state index contributed by atoms with van der Waals surface area (Å²) in [7, 11) is 0. The fourth-order valence-electron chi connectivity index (χ4n) is 3.91. The number of fused-ring (bicyclic) bond motifs is 4. The first-order valence-electron chi connectivity index (χ1n) is 9.57. The average molecular weight is 375 g/mol. The molecule has 0 saturated carbocycles. The van der Waals surface area contributed by atoms with Crippen molar-refractivity contribution in [3.63, 3.8) is 0 Å². The van der Waals surface area contributed by atoms with Gasteiger partial charge in [0.05, 0.1) is 6.61 Å². The number of allylic oxidation sites excluding steroid dienone is 1. The zero-order valence-corrected chi connectivity index (χ0v) is 16.7. The molecule has 3 saturated heterocycles. The third kappa shape index (κ3) is 4.90. The van der Waals surface area contributed by atoms with E-state index in [1.54, 1.807) is 11.8 Å². The van der Waals surface area contributed by atoms with Gasteiger partial charge in [0.25, 0.3) is 5.91 Å². The Hall–Kier alpha value is -1.30. The Morgan fingerprint density at radius 1 is 1.19 bits per heavy atom. The Morgan fingerprint density at radius 2 is 1.96 bits per heavy atom. The molecule has 0 aliphatic carbocycles. The van der Waals surface area contributed by atoms with E-state index in [0.717, 1.165) is 36.6 Å². The highest BCUT2D eigenvalue weighted by Crippen LogP contribution is 2.29. The lowest BCUT2D eigenvalue weighted by molar-refractivity contribution is 0.0740. The lowest BCUT2D eigenvalue weighted by Gasteiger charge is -2.35. The summed E-state index contributed by atoms with van der Waals surface area (Å²) in [6.07, 6.45) is 4.73. The lowest BCUT2D eigenvalue weighted by atomic mass is 9.95. The summed E-state index contributed by atoms with van der Waals surface area (Å²) >= 11 is 1.61. The van der Waals surface area contributed by atoms with Crippen molar-refractivity contribution in [2.24, 2.45) is 5.92 Å². The van der Waals surface area contributed by atoms with E-state index in [9.17, 15) is 4.79 Å². The minimum atomic E-state index is 0.157. The van der Waals surface area contributed by atoms with Crippen molar-refractivity contribution in [1.82, 2.24) is 9.80 Å². The first kappa shape index (κ1) is 19.5. The molecule has 142 valence electrons. The van der Waals surface area contributed by atoms with Crippen LogP contribution in [0, 0.1) is 5.92 Å². The molecule has 3 aliphatic heterocycles. The van der Waals surface area contributed by atoms with Crippen molar-refractivity contribution in [1.29, 1.82) is 0 Å². The smallest absolute Gasteiger partial charge is 0.253 e. The number of aliphatic hydroxyl groups is 1. The second kappa shape index (κ2) is 9.07. The Labute approximate surface area is 161 Å². The number of hydrogen-bond donors (Lipinski definition) is 1. The minimum Gasteiger partial charge on any atom is -0.396 e. The second-order valence-corrected chi connectivity index (χ2v) is 8.81. The molecular weight excluding hydrogens is 344 g/mol. The maximum atomic E-state index is 13.0. The van der Waals surface area contributed by atoms with E-state index in [2.05, 4.69) is 29.7 Å². The SMILES string of the molecule is CC(C)=CCN1C[C@@H]2CC[C@H]1CN(C(=O)c1ccc(SCCO)cc1)C2. The Morgan fingerprint density at radius 3 is 2.65 bits per heavy atom. The largest absolute Gasteiger partial charge is 0.396 e. The first-order valence-corrected chi connectivity index (χ1v) is 10.6. The maximum absolute atomic E-state index is 13.0. The third-order valence-corrected chi connectivity index (χ3v) is 6.30. The molecule has 1 aromatic rings. The molecule has 3 heterocycles. The van der Waals surface area contributed by atoms with Crippen LogP contribution < -0.4 is 0 Å². The van der Waals surface area contributed by atoms with Crippen molar-refractivity contribution in [3.05, 3.63) is 41.5 Å². The van der Waals surface area contributed by atoms with Gasteiger partial charge in [-0.1, -0.05) is 11.6 Å². The molecule has 5 heteroatoms. The van der Waals surface area contributed by atoms with Crippen LogP contribution in [0.15, 0.2) is 40.8 Å². The molecule has 3 fully saturated rings. The van der Waals surface area contributed by atoms with E-state index >= 15 is 0 Å². The van der Waals surface area contributed by atoms with Crippen LogP contribution in [0.25, 0.3) is 0 Å². The van der Waals surface area contributed by atoms with E-state index in [1.807, 2.05) is 24.3 Å². The fraction of sp³-hybridized carbons (Fsp3) is 0.571. The van der Waals surface area contributed by atoms with Crippen molar-refractivity contribution >= 4 is 17.7 Å². The number of amides is 1. The quantitative estimate of drug-likeness (QED) is 0.613. The second-order valence-electron chi connectivity index (χ2n) is 7.64. The molecule has 4 nitrogen and oxygen atoms in total. The minimum absolute atomic E-state index is 0.157. The van der Waals surface area contributed by atoms with Crippen molar-refractivity contribution in [3.8, 4) is 0 Å². The van der Waals surface area contributed by atoms with Crippen LogP contribution in [-0.4, -0.2) is 65.4 Å². The zero-order valence-electron chi connectivity index (χ0n) is 15.9. The van der Waals surface area contributed by atoms with Crippen LogP contribution in [0.1, 0.15) is 37.0 Å². The van der Waals surface area contributed by atoms with Gasteiger partial charge in [0.15, 0.2) is 0 Å². The summed E-state index contributed by atoms with van der Waals surface area (Å²) in [6, 6.07) is 8.31. The van der Waals surface area contributed by atoms with Gasteiger partial charge in [-0.2, -0.15) is 0 Å². The van der Waals surface area contributed by atoms with Crippen LogP contribution in [0.4, 0.5) is 0 Å². The van der Waals surface area contributed by atoms with E-state index in [4.69, 9.17) is 5.11 Å². The van der Waals surface area contributed by atoms with Gasteiger partial charge < -0.3 is 10.0 Å². The van der Waals surface area contributed by atoms with Gasteiger partial charge in [0.2, 0.25) is 0 Å². The number of hydrogen-bond acceptors (Lipinski definition) is 4. The Balaban J connectivity index is 1.66. The van der Waals surface area contributed by atoms with E-state index < -0.39 is 0 Å². The standard InChI is InChI=1S/C21H30N2O2S/c1-16(2)9-10-22-13-17-3-6-19(22)15-23(14-17)21(25)18-4-7-20(8-5-18)26-12-11-24/h4-5,7-9,17,19,24H,3,6,10-15H2,1-2H3/t17-,19-/m0/s1. The van der Waals surface area contributed by atoms with Gasteiger partial charge in [-0.05, 0) is 56.9 Å². The number of aliphatic hydroxyl groups excluding tert-OH is 1. The van der Waals surface area contributed by atoms with Gasteiger partial charge in [-0.25, -0.2) is 0 Å². The topological polar surface area (TPSA) is 43.8 Å². The predicted molar refractivity (Wildman–Crippen MR) is 108 cm³/mol. The lowest BCUT2D eigenvalue weighted by Crippen LogP contribution is -2.44. The van der Waals surface area contributed by atoms with Crippen molar-refractivity contribution < 1.29 is 9.90 Å². The van der Waals surface area contributed by atoms with Crippen LogP contribution in [0.2, 0.25) is 0 Å². The number of thioether (sulfide) groups is 1. The fourth-order valence-corrected chi connectivity index (χ4v) is 4.56. The van der Waals surface area contributed by atoms with Crippen LogP contribution in [0.5, 0.6) is 0 Å². The summed E-state index contributed by atoms with van der Waals surface area (Å²) in [5.74, 6) is 1.43. The van der Waals surface area contributed by atoms with Crippen molar-refractivity contribution in [2.45, 2.75) is 37.6 Å². The summed E-state index contributed by atoms with van der Waals surface area (Å²) < 4.78 is 0. The number of carbonyl (C=O) groups excluding carboxylic acids is 1. The Bertz CT molecular complexity index is 640.